The first kappa shape index (κ1) is 21.7. The van der Waals surface area contributed by atoms with Gasteiger partial charge in [0.15, 0.2) is 0 Å². The topological polar surface area (TPSA) is 38.1 Å². The lowest BCUT2D eigenvalue weighted by atomic mass is 10.1. The Bertz CT molecular complexity index is 1030. The number of imidazole rings is 1. The Balaban J connectivity index is 1.99. The molecule has 1 aromatic heterocycles. The third kappa shape index (κ3) is 4.93. The summed E-state index contributed by atoms with van der Waals surface area (Å²) in [5.74, 6) is 1.21. The van der Waals surface area contributed by atoms with Gasteiger partial charge in [-0.2, -0.15) is 0 Å². The lowest BCUT2D eigenvalue weighted by Gasteiger charge is -2.25. The molecule has 6 heteroatoms. The van der Waals surface area contributed by atoms with Crippen molar-refractivity contribution in [2.45, 2.75) is 47.2 Å². The number of aryl methyl sites for hydroxylation is 2. The van der Waals surface area contributed by atoms with Gasteiger partial charge in [-0.15, -0.1) is 0 Å². The zero-order chi connectivity index (χ0) is 21.1. The van der Waals surface area contributed by atoms with E-state index in [-0.39, 0.29) is 5.91 Å². The van der Waals surface area contributed by atoms with E-state index in [0.29, 0.717) is 34.6 Å². The van der Waals surface area contributed by atoms with Crippen molar-refractivity contribution in [3.63, 3.8) is 0 Å². The maximum absolute atomic E-state index is 13.3. The zero-order valence-corrected chi connectivity index (χ0v) is 18.9. The number of nitrogens with zero attached hydrogens (tertiary/aromatic N) is 3. The van der Waals surface area contributed by atoms with E-state index in [4.69, 9.17) is 28.2 Å². The van der Waals surface area contributed by atoms with Crippen LogP contribution in [-0.2, 0) is 13.1 Å². The number of carbonyl (C=O) groups excluding carboxylic acids is 1. The fourth-order valence-corrected chi connectivity index (χ4v) is 3.81. The molecule has 3 rings (SSSR count). The summed E-state index contributed by atoms with van der Waals surface area (Å²) in [6.07, 6.45) is 0.972. The Morgan fingerprint density at radius 1 is 1.17 bits per heavy atom. The molecule has 29 heavy (non-hydrogen) atoms. The van der Waals surface area contributed by atoms with Gasteiger partial charge in [-0.1, -0.05) is 44.0 Å². The third-order valence-electron chi connectivity index (χ3n) is 4.85. The Morgan fingerprint density at radius 3 is 2.59 bits per heavy atom. The number of rotatable bonds is 7. The first-order valence-corrected chi connectivity index (χ1v) is 10.8. The molecule has 0 saturated carbocycles. The van der Waals surface area contributed by atoms with Crippen molar-refractivity contribution in [2.24, 2.45) is 5.92 Å². The van der Waals surface area contributed by atoms with Crippen molar-refractivity contribution < 1.29 is 4.79 Å². The molecule has 0 radical (unpaired) electrons. The number of halogens is 2. The average molecular weight is 432 g/mol. The van der Waals surface area contributed by atoms with Crippen LogP contribution in [0.5, 0.6) is 0 Å². The van der Waals surface area contributed by atoms with Crippen molar-refractivity contribution in [3.05, 3.63) is 63.4 Å². The normalized spacial score (nSPS) is 11.4. The highest BCUT2D eigenvalue weighted by Gasteiger charge is 2.21. The van der Waals surface area contributed by atoms with E-state index in [1.165, 1.54) is 0 Å². The van der Waals surface area contributed by atoms with Gasteiger partial charge in [0.2, 0.25) is 0 Å². The number of benzene rings is 2. The molecule has 0 N–H and O–H groups in total. The molecule has 0 atom stereocenters. The van der Waals surface area contributed by atoms with Gasteiger partial charge in [0, 0.05) is 28.7 Å². The molecule has 0 saturated heterocycles. The lowest BCUT2D eigenvalue weighted by Crippen LogP contribution is -2.34. The highest BCUT2D eigenvalue weighted by molar-refractivity contribution is 6.31. The van der Waals surface area contributed by atoms with Gasteiger partial charge in [0.05, 0.1) is 17.6 Å². The van der Waals surface area contributed by atoms with Crippen LogP contribution in [-0.4, -0.2) is 26.9 Å². The first-order valence-electron chi connectivity index (χ1n) is 10.00. The number of carbonyl (C=O) groups is 1. The highest BCUT2D eigenvalue weighted by Crippen LogP contribution is 2.24. The second kappa shape index (κ2) is 9.19. The monoisotopic (exact) mass is 431 g/mol. The molecular formula is C23H27Cl2N3O. The first-order chi connectivity index (χ1) is 13.8. The standard InChI is InChI=1S/C23H27Cl2N3O/c1-5-10-28-21-12-18(24)7-9-20(21)26-22(28)14-27(13-15(2)3)23(29)17-6-8-19(25)16(4)11-17/h6-9,11-12,15H,5,10,13-14H2,1-4H3. The summed E-state index contributed by atoms with van der Waals surface area (Å²) >= 11 is 12.4. The zero-order valence-electron chi connectivity index (χ0n) is 17.4. The molecule has 1 amide bonds. The molecule has 3 aromatic rings. The molecule has 0 unspecified atom stereocenters. The summed E-state index contributed by atoms with van der Waals surface area (Å²) in [4.78, 5) is 20.0. The SMILES string of the molecule is CCCn1c(CN(CC(C)C)C(=O)c2ccc(Cl)c(C)c2)nc2ccc(Cl)cc21. The van der Waals surface area contributed by atoms with Crippen LogP contribution in [0.3, 0.4) is 0 Å². The number of hydrogen-bond donors (Lipinski definition) is 0. The predicted octanol–water partition coefficient (Wildman–Crippen LogP) is 6.36. The van der Waals surface area contributed by atoms with Crippen molar-refractivity contribution in [1.82, 2.24) is 14.5 Å². The Morgan fingerprint density at radius 2 is 1.93 bits per heavy atom. The van der Waals surface area contributed by atoms with Crippen LogP contribution >= 0.6 is 23.2 Å². The molecule has 0 aliphatic heterocycles. The van der Waals surface area contributed by atoms with Crippen molar-refractivity contribution in [1.29, 1.82) is 0 Å². The highest BCUT2D eigenvalue weighted by atomic mass is 35.5. The molecule has 2 aromatic carbocycles. The van der Waals surface area contributed by atoms with E-state index in [1.54, 1.807) is 12.1 Å². The maximum Gasteiger partial charge on any atom is 0.254 e. The predicted molar refractivity (Wildman–Crippen MR) is 121 cm³/mol. The minimum absolute atomic E-state index is 0.00777. The lowest BCUT2D eigenvalue weighted by molar-refractivity contribution is 0.0716. The van der Waals surface area contributed by atoms with Crippen LogP contribution in [0.2, 0.25) is 10.0 Å². The van der Waals surface area contributed by atoms with Crippen LogP contribution in [0.25, 0.3) is 11.0 Å². The van der Waals surface area contributed by atoms with Crippen LogP contribution in [0.1, 0.15) is 48.9 Å². The number of hydrogen-bond acceptors (Lipinski definition) is 2. The Kier molecular flexibility index (Phi) is 6.86. The quantitative estimate of drug-likeness (QED) is 0.436. The summed E-state index contributed by atoms with van der Waals surface area (Å²) in [5, 5.41) is 1.35. The van der Waals surface area contributed by atoms with E-state index in [1.807, 2.05) is 36.1 Å². The van der Waals surface area contributed by atoms with Crippen molar-refractivity contribution >= 4 is 40.1 Å². The smallest absolute Gasteiger partial charge is 0.254 e. The number of fused-ring (bicyclic) bond motifs is 1. The minimum Gasteiger partial charge on any atom is -0.331 e. The summed E-state index contributed by atoms with van der Waals surface area (Å²) in [6, 6.07) is 11.2. The van der Waals surface area contributed by atoms with E-state index in [9.17, 15) is 4.79 Å². The summed E-state index contributed by atoms with van der Waals surface area (Å²) < 4.78 is 2.18. The summed E-state index contributed by atoms with van der Waals surface area (Å²) in [7, 11) is 0. The molecule has 4 nitrogen and oxygen atoms in total. The minimum atomic E-state index is -0.00777. The number of amides is 1. The molecule has 0 aliphatic carbocycles. The van der Waals surface area contributed by atoms with Crippen LogP contribution < -0.4 is 0 Å². The molecule has 0 spiro atoms. The third-order valence-corrected chi connectivity index (χ3v) is 5.51. The van der Waals surface area contributed by atoms with Gasteiger partial charge in [0.25, 0.3) is 5.91 Å². The second-order valence-electron chi connectivity index (χ2n) is 7.86. The van der Waals surface area contributed by atoms with Crippen LogP contribution in [0, 0.1) is 12.8 Å². The van der Waals surface area contributed by atoms with Gasteiger partial charge in [-0.05, 0) is 61.2 Å². The van der Waals surface area contributed by atoms with E-state index in [0.717, 1.165) is 35.4 Å². The van der Waals surface area contributed by atoms with Crippen LogP contribution in [0.15, 0.2) is 36.4 Å². The number of aromatic nitrogens is 2. The van der Waals surface area contributed by atoms with E-state index >= 15 is 0 Å². The van der Waals surface area contributed by atoms with Gasteiger partial charge < -0.3 is 9.47 Å². The molecule has 0 bridgehead atoms. The summed E-state index contributed by atoms with van der Waals surface area (Å²) in [5.41, 5.74) is 3.45. The average Bonchev–Trinajstić information content (AvgIpc) is 2.99. The molecule has 154 valence electrons. The largest absolute Gasteiger partial charge is 0.331 e. The van der Waals surface area contributed by atoms with Gasteiger partial charge in [-0.3, -0.25) is 4.79 Å². The summed E-state index contributed by atoms with van der Waals surface area (Å²) in [6.45, 7) is 10.2. The molecule has 0 fully saturated rings. The van der Waals surface area contributed by atoms with Gasteiger partial charge in [0.1, 0.15) is 5.82 Å². The van der Waals surface area contributed by atoms with E-state index < -0.39 is 0 Å². The van der Waals surface area contributed by atoms with Gasteiger partial charge >= 0.3 is 0 Å². The fourth-order valence-electron chi connectivity index (χ4n) is 3.53. The fraction of sp³-hybridized carbons (Fsp3) is 0.391. The van der Waals surface area contributed by atoms with Gasteiger partial charge in [-0.25, -0.2) is 4.98 Å². The maximum atomic E-state index is 13.3. The second-order valence-corrected chi connectivity index (χ2v) is 8.70. The molecule has 1 heterocycles. The van der Waals surface area contributed by atoms with E-state index in [2.05, 4.69) is 25.3 Å². The Labute approximate surface area is 182 Å². The molecular weight excluding hydrogens is 405 g/mol. The van der Waals surface area contributed by atoms with Crippen molar-refractivity contribution in [3.8, 4) is 0 Å². The molecule has 0 aliphatic rings. The van der Waals surface area contributed by atoms with Crippen LogP contribution in [0.4, 0.5) is 0 Å². The van der Waals surface area contributed by atoms with Crippen molar-refractivity contribution in [2.75, 3.05) is 6.54 Å². The Hall–Kier alpha value is -2.04.